The summed E-state index contributed by atoms with van der Waals surface area (Å²) in [5.74, 6) is 3.78. The number of hydrogen-bond donors (Lipinski definition) is 0. The highest BCUT2D eigenvalue weighted by Gasteiger charge is 2.42. The third-order valence-corrected chi connectivity index (χ3v) is 10.5. The minimum atomic E-state index is 0.237. The van der Waals surface area contributed by atoms with Crippen molar-refractivity contribution < 1.29 is 0 Å². The Hall–Kier alpha value is -1.73. The lowest BCUT2D eigenvalue weighted by Crippen LogP contribution is -2.47. The summed E-state index contributed by atoms with van der Waals surface area (Å²) in [5, 5.41) is 0.892. The summed E-state index contributed by atoms with van der Waals surface area (Å²) in [7, 11) is 0. The Balaban J connectivity index is 0.00000181. The van der Waals surface area contributed by atoms with E-state index in [1.807, 2.05) is 13.8 Å². The van der Waals surface area contributed by atoms with Gasteiger partial charge in [0.05, 0.1) is 0 Å². The van der Waals surface area contributed by atoms with Gasteiger partial charge in [-0.1, -0.05) is 83.5 Å². The van der Waals surface area contributed by atoms with Gasteiger partial charge in [-0.3, -0.25) is 0 Å². The summed E-state index contributed by atoms with van der Waals surface area (Å²) >= 11 is 6.46. The van der Waals surface area contributed by atoms with Gasteiger partial charge in [0, 0.05) is 29.2 Å². The Bertz CT molecular complexity index is 1130. The van der Waals surface area contributed by atoms with Crippen LogP contribution in [-0.2, 0) is 18.3 Å². The summed E-state index contributed by atoms with van der Waals surface area (Å²) in [5.41, 5.74) is 7.77. The van der Waals surface area contributed by atoms with E-state index in [1.165, 1.54) is 81.1 Å². The summed E-state index contributed by atoms with van der Waals surface area (Å²) in [6, 6.07) is 14.0. The fraction of sp³-hybridized carbons (Fsp3) is 0.632. The Morgan fingerprint density at radius 1 is 0.975 bits per heavy atom. The molecule has 3 aliphatic rings. The molecule has 5 rings (SSSR count). The Kier molecular flexibility index (Phi) is 10.9. The van der Waals surface area contributed by atoms with Gasteiger partial charge < -0.3 is 4.90 Å². The molecule has 40 heavy (non-hydrogen) atoms. The quantitative estimate of drug-likeness (QED) is 0.290. The van der Waals surface area contributed by atoms with Gasteiger partial charge in [0.25, 0.3) is 0 Å². The van der Waals surface area contributed by atoms with Crippen molar-refractivity contribution in [1.82, 2.24) is 0 Å². The van der Waals surface area contributed by atoms with Crippen LogP contribution in [0, 0.1) is 36.5 Å². The first-order valence-corrected chi connectivity index (χ1v) is 17.0. The molecule has 2 aromatic rings. The van der Waals surface area contributed by atoms with Crippen LogP contribution in [0.1, 0.15) is 109 Å². The second-order valence-corrected chi connectivity index (χ2v) is 13.9. The number of rotatable bonds is 8. The number of fused-ring (bicyclic) bond motifs is 3. The van der Waals surface area contributed by atoms with E-state index in [2.05, 4.69) is 88.1 Å². The molecule has 220 valence electrons. The first-order chi connectivity index (χ1) is 19.3. The molecule has 1 saturated carbocycles. The molecule has 1 aliphatic heterocycles. The average Bonchev–Trinajstić information content (AvgIpc) is 3.07. The van der Waals surface area contributed by atoms with Crippen molar-refractivity contribution in [2.24, 2.45) is 29.6 Å². The molecule has 1 fully saturated rings. The Morgan fingerprint density at radius 3 is 2.48 bits per heavy atom. The number of hydrogen-bond acceptors (Lipinski definition) is 1. The number of benzene rings is 2. The minimum Gasteiger partial charge on any atom is -0.370 e. The van der Waals surface area contributed by atoms with E-state index in [9.17, 15) is 0 Å². The van der Waals surface area contributed by atoms with Crippen LogP contribution in [0.5, 0.6) is 0 Å². The van der Waals surface area contributed by atoms with Crippen molar-refractivity contribution in [1.29, 1.82) is 0 Å². The number of allylic oxidation sites excluding steroid dienone is 2. The summed E-state index contributed by atoms with van der Waals surface area (Å²) < 4.78 is 0. The highest BCUT2D eigenvalue weighted by Crippen LogP contribution is 2.48. The van der Waals surface area contributed by atoms with Gasteiger partial charge in [0.15, 0.2) is 0 Å². The highest BCUT2D eigenvalue weighted by molar-refractivity contribution is 6.30. The second kappa shape index (κ2) is 14.0. The van der Waals surface area contributed by atoms with Crippen LogP contribution in [0.2, 0.25) is 5.02 Å². The number of nitrogens with zero attached hydrogens (tertiary/aromatic N) is 1. The topological polar surface area (TPSA) is 3.24 Å². The fourth-order valence-corrected chi connectivity index (χ4v) is 8.16. The van der Waals surface area contributed by atoms with Crippen molar-refractivity contribution in [3.05, 3.63) is 75.8 Å². The molecule has 0 amide bonds. The van der Waals surface area contributed by atoms with Gasteiger partial charge in [-0.25, -0.2) is 0 Å². The van der Waals surface area contributed by atoms with Gasteiger partial charge in [0.1, 0.15) is 0 Å². The smallest absolute Gasteiger partial charge is 0.0408 e. The second-order valence-electron chi connectivity index (χ2n) is 13.5. The molecule has 5 unspecified atom stereocenters. The lowest BCUT2D eigenvalue weighted by atomic mass is 9.66. The van der Waals surface area contributed by atoms with Crippen LogP contribution in [-0.4, -0.2) is 13.1 Å². The number of halogens is 1. The number of anilines is 1. The van der Waals surface area contributed by atoms with Crippen LogP contribution in [0.4, 0.5) is 5.69 Å². The van der Waals surface area contributed by atoms with Gasteiger partial charge in [-0.05, 0) is 135 Å². The van der Waals surface area contributed by atoms with Crippen LogP contribution in [0.3, 0.4) is 0 Å². The van der Waals surface area contributed by atoms with Crippen LogP contribution >= 0.6 is 11.6 Å². The average molecular weight is 562 g/mol. The van der Waals surface area contributed by atoms with Crippen molar-refractivity contribution in [3.8, 4) is 0 Å². The zero-order valence-corrected chi connectivity index (χ0v) is 27.4. The van der Waals surface area contributed by atoms with Gasteiger partial charge >= 0.3 is 0 Å². The molecule has 0 bridgehead atoms. The molecule has 0 N–H and O–H groups in total. The van der Waals surface area contributed by atoms with Crippen molar-refractivity contribution in [2.75, 3.05) is 18.0 Å². The van der Waals surface area contributed by atoms with Crippen LogP contribution in [0.25, 0.3) is 0 Å². The maximum absolute atomic E-state index is 6.46. The predicted octanol–water partition coefficient (Wildman–Crippen LogP) is 11.0. The molecule has 2 aromatic carbocycles. The van der Waals surface area contributed by atoms with E-state index in [0.29, 0.717) is 5.92 Å². The zero-order chi connectivity index (χ0) is 28.9. The third-order valence-electron chi connectivity index (χ3n) is 10.3. The van der Waals surface area contributed by atoms with E-state index in [0.717, 1.165) is 35.2 Å². The molecule has 0 radical (unpaired) electrons. The van der Waals surface area contributed by atoms with E-state index in [4.69, 9.17) is 11.6 Å². The van der Waals surface area contributed by atoms with E-state index in [-0.39, 0.29) is 5.41 Å². The molecule has 1 heterocycles. The highest BCUT2D eigenvalue weighted by atomic mass is 35.5. The molecule has 0 saturated heterocycles. The van der Waals surface area contributed by atoms with Gasteiger partial charge in [0.2, 0.25) is 0 Å². The molecular formula is C38H56ClN. The molecular weight excluding hydrogens is 506 g/mol. The van der Waals surface area contributed by atoms with E-state index in [1.54, 1.807) is 11.1 Å². The van der Waals surface area contributed by atoms with Crippen LogP contribution < -0.4 is 4.90 Å². The Labute approximate surface area is 251 Å². The van der Waals surface area contributed by atoms with Crippen molar-refractivity contribution in [2.45, 2.75) is 112 Å². The lowest BCUT2D eigenvalue weighted by molar-refractivity contribution is 0.137. The zero-order valence-electron chi connectivity index (χ0n) is 26.6. The summed E-state index contributed by atoms with van der Waals surface area (Å²) in [6.07, 6.45) is 16.6. The molecule has 2 aliphatic carbocycles. The maximum atomic E-state index is 6.46. The molecule has 1 spiro atoms. The van der Waals surface area contributed by atoms with Crippen molar-refractivity contribution >= 4 is 17.3 Å². The normalized spacial score (nSPS) is 25.5. The largest absolute Gasteiger partial charge is 0.370 e. The standard InChI is InChI=1S/C36H50ClN.C2H6/c1-6-28(20-25(2)3)11-10-27(5)33-15-13-31(33)23-38-24-36(19-17-29-12-9-26(4)21-35(29)38)18-7-8-30-22-32(37)14-16-34(30)36;1-2/h9-12,14,16,21-22,25,27-28,31,33H,6-8,13,15,17-20,23-24H2,1-5H3;1-2H3/b11-10+;. The third kappa shape index (κ3) is 7.00. The van der Waals surface area contributed by atoms with E-state index >= 15 is 0 Å². The monoisotopic (exact) mass is 561 g/mol. The molecule has 1 nitrogen and oxygen atoms in total. The molecule has 5 atom stereocenters. The van der Waals surface area contributed by atoms with Gasteiger partial charge in [-0.15, -0.1) is 0 Å². The fourth-order valence-electron chi connectivity index (χ4n) is 7.97. The maximum Gasteiger partial charge on any atom is 0.0408 e. The summed E-state index contributed by atoms with van der Waals surface area (Å²) in [4.78, 5) is 2.83. The minimum absolute atomic E-state index is 0.237. The van der Waals surface area contributed by atoms with Crippen molar-refractivity contribution in [3.63, 3.8) is 0 Å². The Morgan fingerprint density at radius 2 is 1.77 bits per heavy atom. The summed E-state index contributed by atoms with van der Waals surface area (Å²) in [6.45, 7) is 18.2. The van der Waals surface area contributed by atoms with Gasteiger partial charge in [-0.2, -0.15) is 0 Å². The first kappa shape index (κ1) is 31.2. The molecule has 2 heteroatoms. The first-order valence-electron chi connectivity index (χ1n) is 16.6. The SMILES string of the molecule is CC.CCC(/C=C/C(C)C1CCC1CN1CC2(CCCc3cc(Cl)ccc32)CCc2ccc(C)cc21)CC(C)C. The molecule has 0 aromatic heterocycles. The van der Waals surface area contributed by atoms with E-state index < -0.39 is 0 Å². The van der Waals surface area contributed by atoms with Crippen LogP contribution in [0.15, 0.2) is 48.6 Å². The number of aryl methyl sites for hydroxylation is 3. The predicted molar refractivity (Wildman–Crippen MR) is 177 cm³/mol. The lowest BCUT2D eigenvalue weighted by Gasteiger charge is -2.46.